The van der Waals surface area contributed by atoms with E-state index in [-0.39, 0.29) is 0 Å². The van der Waals surface area contributed by atoms with Crippen LogP contribution in [0, 0.1) is 0 Å². The Bertz CT molecular complexity index is 321. The molecule has 84 valence electrons. The van der Waals surface area contributed by atoms with E-state index in [2.05, 4.69) is 40.7 Å². The van der Waals surface area contributed by atoms with Crippen LogP contribution in [0.15, 0.2) is 22.7 Å². The highest BCUT2D eigenvalue weighted by Crippen LogP contribution is 2.29. The third-order valence-electron chi connectivity index (χ3n) is 2.56. The molecule has 1 aromatic carbocycles. The van der Waals surface area contributed by atoms with Crippen LogP contribution in [0.4, 0.5) is 5.69 Å². The summed E-state index contributed by atoms with van der Waals surface area (Å²) >= 11 is 3.54. The molecule has 0 aromatic heterocycles. The molecular weight excluding hydrogens is 254 g/mol. The van der Waals surface area contributed by atoms with Crippen molar-refractivity contribution in [3.63, 3.8) is 0 Å². The monoisotopic (exact) mass is 271 g/mol. The highest BCUT2D eigenvalue weighted by Gasteiger charge is 2.08. The number of anilines is 1. The summed E-state index contributed by atoms with van der Waals surface area (Å²) in [5, 5.41) is 9.46. The van der Waals surface area contributed by atoms with Crippen LogP contribution in [0.3, 0.4) is 0 Å². The second-order valence-electron chi connectivity index (χ2n) is 3.56. The van der Waals surface area contributed by atoms with E-state index in [0.717, 1.165) is 23.1 Å². The smallest absolute Gasteiger partial charge is 0.0762 e. The zero-order chi connectivity index (χ0) is 11.4. The minimum Gasteiger partial charge on any atom is -0.389 e. The maximum Gasteiger partial charge on any atom is 0.0762 e. The van der Waals surface area contributed by atoms with Crippen molar-refractivity contribution in [2.75, 3.05) is 18.0 Å². The molecule has 0 aliphatic heterocycles. The first-order chi connectivity index (χ1) is 7.10. The molecule has 2 nitrogen and oxygen atoms in total. The average Bonchev–Trinajstić information content (AvgIpc) is 2.21. The third kappa shape index (κ3) is 2.95. The minimum absolute atomic E-state index is 0.410. The second kappa shape index (κ2) is 5.52. The highest BCUT2D eigenvalue weighted by molar-refractivity contribution is 9.10. The summed E-state index contributed by atoms with van der Waals surface area (Å²) < 4.78 is 1.05. The first kappa shape index (κ1) is 12.5. The fraction of sp³-hybridized carbons (Fsp3) is 0.500. The highest BCUT2D eigenvalue weighted by atomic mass is 79.9. The first-order valence-electron chi connectivity index (χ1n) is 5.32. The molecule has 0 saturated heterocycles. The Kier molecular flexibility index (Phi) is 4.61. The quantitative estimate of drug-likeness (QED) is 0.908. The number of hydrogen-bond donors (Lipinski definition) is 1. The third-order valence-corrected chi connectivity index (χ3v) is 3.19. The van der Waals surface area contributed by atoms with E-state index >= 15 is 0 Å². The van der Waals surface area contributed by atoms with Crippen molar-refractivity contribution in [2.45, 2.75) is 26.9 Å². The number of benzene rings is 1. The molecule has 0 radical (unpaired) electrons. The topological polar surface area (TPSA) is 23.5 Å². The normalized spacial score (nSPS) is 12.6. The zero-order valence-electron chi connectivity index (χ0n) is 9.50. The molecule has 0 fully saturated rings. The largest absolute Gasteiger partial charge is 0.389 e. The summed E-state index contributed by atoms with van der Waals surface area (Å²) in [5.41, 5.74) is 2.13. The predicted octanol–water partition coefficient (Wildman–Crippen LogP) is 3.35. The van der Waals surface area contributed by atoms with Gasteiger partial charge in [0, 0.05) is 17.6 Å². The van der Waals surface area contributed by atoms with Gasteiger partial charge in [0.1, 0.15) is 0 Å². The van der Waals surface area contributed by atoms with Gasteiger partial charge in [0.25, 0.3) is 0 Å². The fourth-order valence-corrected chi connectivity index (χ4v) is 2.25. The summed E-state index contributed by atoms with van der Waals surface area (Å²) in [5.74, 6) is 0. The van der Waals surface area contributed by atoms with Gasteiger partial charge in [0.2, 0.25) is 0 Å². The van der Waals surface area contributed by atoms with Crippen molar-refractivity contribution in [3.8, 4) is 0 Å². The van der Waals surface area contributed by atoms with Gasteiger partial charge in [0.05, 0.1) is 11.8 Å². The Morgan fingerprint density at radius 1 is 1.33 bits per heavy atom. The lowest BCUT2D eigenvalue weighted by Gasteiger charge is -2.23. The van der Waals surface area contributed by atoms with Gasteiger partial charge in [-0.25, -0.2) is 0 Å². The number of hydrogen-bond acceptors (Lipinski definition) is 2. The Hall–Kier alpha value is -0.540. The van der Waals surface area contributed by atoms with E-state index in [9.17, 15) is 5.11 Å². The van der Waals surface area contributed by atoms with Gasteiger partial charge in [-0.05, 0) is 54.4 Å². The Labute approximate surface area is 100 Å². The molecule has 0 saturated carbocycles. The van der Waals surface area contributed by atoms with Gasteiger partial charge in [0.15, 0.2) is 0 Å². The molecule has 1 atom stereocenters. The van der Waals surface area contributed by atoms with Crippen LogP contribution < -0.4 is 4.90 Å². The molecule has 0 unspecified atom stereocenters. The van der Waals surface area contributed by atoms with Crippen LogP contribution in [-0.4, -0.2) is 18.2 Å². The molecule has 0 amide bonds. The second-order valence-corrected chi connectivity index (χ2v) is 4.41. The maximum absolute atomic E-state index is 9.46. The standard InChI is InChI=1S/C12H18BrNO/c1-4-14(5-2)12-7-6-10(9(3)15)8-11(12)13/h6-9,15H,4-5H2,1-3H3/t9-/m1/s1. The van der Waals surface area contributed by atoms with Crippen molar-refractivity contribution in [1.29, 1.82) is 0 Å². The molecule has 1 rings (SSSR count). The van der Waals surface area contributed by atoms with E-state index < -0.39 is 6.10 Å². The van der Waals surface area contributed by atoms with Crippen molar-refractivity contribution < 1.29 is 5.11 Å². The molecular formula is C12H18BrNO. The summed E-state index contributed by atoms with van der Waals surface area (Å²) in [6.45, 7) is 8.03. The van der Waals surface area contributed by atoms with Gasteiger partial charge in [-0.2, -0.15) is 0 Å². The fourth-order valence-electron chi connectivity index (χ4n) is 1.60. The first-order valence-corrected chi connectivity index (χ1v) is 6.11. The summed E-state index contributed by atoms with van der Waals surface area (Å²) in [6, 6.07) is 6.01. The summed E-state index contributed by atoms with van der Waals surface area (Å²) in [6.07, 6.45) is -0.410. The maximum atomic E-state index is 9.46. The Morgan fingerprint density at radius 3 is 2.33 bits per heavy atom. The van der Waals surface area contributed by atoms with Crippen LogP contribution >= 0.6 is 15.9 Å². The summed E-state index contributed by atoms with van der Waals surface area (Å²) in [4.78, 5) is 2.27. The Balaban J connectivity index is 3.02. The van der Waals surface area contributed by atoms with E-state index in [4.69, 9.17) is 0 Å². The predicted molar refractivity (Wildman–Crippen MR) is 68.3 cm³/mol. The van der Waals surface area contributed by atoms with Gasteiger partial charge < -0.3 is 10.0 Å². The Morgan fingerprint density at radius 2 is 1.93 bits per heavy atom. The molecule has 1 N–H and O–H groups in total. The molecule has 15 heavy (non-hydrogen) atoms. The molecule has 3 heteroatoms. The van der Waals surface area contributed by atoms with Crippen LogP contribution in [0.1, 0.15) is 32.4 Å². The number of aliphatic hydroxyl groups is 1. The van der Waals surface area contributed by atoms with Crippen LogP contribution in [0.5, 0.6) is 0 Å². The van der Waals surface area contributed by atoms with Crippen molar-refractivity contribution in [1.82, 2.24) is 0 Å². The average molecular weight is 272 g/mol. The van der Waals surface area contributed by atoms with Crippen molar-refractivity contribution in [2.24, 2.45) is 0 Å². The molecule has 0 spiro atoms. The molecule has 0 heterocycles. The number of rotatable bonds is 4. The van der Waals surface area contributed by atoms with E-state index in [1.807, 2.05) is 12.1 Å². The molecule has 0 aliphatic rings. The molecule has 1 aromatic rings. The number of nitrogens with zero attached hydrogens (tertiary/aromatic N) is 1. The van der Waals surface area contributed by atoms with E-state index in [1.54, 1.807) is 6.92 Å². The van der Waals surface area contributed by atoms with Crippen LogP contribution in [0.25, 0.3) is 0 Å². The van der Waals surface area contributed by atoms with E-state index in [0.29, 0.717) is 0 Å². The van der Waals surface area contributed by atoms with Gasteiger partial charge >= 0.3 is 0 Å². The number of halogens is 1. The number of aliphatic hydroxyl groups excluding tert-OH is 1. The zero-order valence-corrected chi connectivity index (χ0v) is 11.1. The lowest BCUT2D eigenvalue weighted by atomic mass is 10.1. The van der Waals surface area contributed by atoms with Crippen LogP contribution in [-0.2, 0) is 0 Å². The minimum atomic E-state index is -0.410. The lowest BCUT2D eigenvalue weighted by Crippen LogP contribution is -2.22. The van der Waals surface area contributed by atoms with Crippen molar-refractivity contribution in [3.05, 3.63) is 28.2 Å². The summed E-state index contributed by atoms with van der Waals surface area (Å²) in [7, 11) is 0. The lowest BCUT2D eigenvalue weighted by molar-refractivity contribution is 0.199. The molecule has 0 aliphatic carbocycles. The SMILES string of the molecule is CCN(CC)c1ccc([C@@H](C)O)cc1Br. The molecule has 0 bridgehead atoms. The van der Waals surface area contributed by atoms with Gasteiger partial charge in [-0.3, -0.25) is 0 Å². The van der Waals surface area contributed by atoms with Gasteiger partial charge in [-0.15, -0.1) is 0 Å². The van der Waals surface area contributed by atoms with Gasteiger partial charge in [-0.1, -0.05) is 6.07 Å². The van der Waals surface area contributed by atoms with E-state index in [1.165, 1.54) is 5.69 Å². The van der Waals surface area contributed by atoms with Crippen LogP contribution in [0.2, 0.25) is 0 Å². The van der Waals surface area contributed by atoms with Crippen molar-refractivity contribution >= 4 is 21.6 Å².